The van der Waals surface area contributed by atoms with Gasteiger partial charge in [0.15, 0.2) is 0 Å². The number of hydrogen-bond acceptors (Lipinski definition) is 6. The van der Waals surface area contributed by atoms with Crippen LogP contribution in [0.5, 0.6) is 0 Å². The standard InChI is InChI=1S/C21H28O6/c1-11(2)19(22)25-16-5-3-13(4-6-16)20(23)27-18-14-7-12-8-15(10-14)21(24)26-17(18)9-12/h12-18H,1,3-10H2,2H3. The van der Waals surface area contributed by atoms with Gasteiger partial charge in [-0.3, -0.25) is 9.59 Å². The van der Waals surface area contributed by atoms with Crippen LogP contribution in [0.25, 0.3) is 0 Å². The highest BCUT2D eigenvalue weighted by atomic mass is 16.6. The SMILES string of the molecule is C=C(C)C(=O)OC1CCC(C(=O)OC2C3CC4CC(C3)C(=O)OC2C4)CC1. The lowest BCUT2D eigenvalue weighted by Crippen LogP contribution is -2.46. The molecule has 148 valence electrons. The first-order chi connectivity index (χ1) is 12.9. The summed E-state index contributed by atoms with van der Waals surface area (Å²) in [5, 5.41) is 0. The lowest BCUT2D eigenvalue weighted by atomic mass is 9.67. The molecule has 0 radical (unpaired) electrons. The van der Waals surface area contributed by atoms with Crippen molar-refractivity contribution in [3.8, 4) is 0 Å². The minimum atomic E-state index is -0.368. The zero-order chi connectivity index (χ0) is 19.1. The third kappa shape index (κ3) is 3.76. The molecule has 6 heteroatoms. The summed E-state index contributed by atoms with van der Waals surface area (Å²) in [6.45, 7) is 5.22. The van der Waals surface area contributed by atoms with Crippen molar-refractivity contribution in [2.24, 2.45) is 23.7 Å². The van der Waals surface area contributed by atoms with E-state index < -0.39 is 0 Å². The first-order valence-electron chi connectivity index (χ1n) is 10.2. The Labute approximate surface area is 159 Å². The highest BCUT2D eigenvalue weighted by molar-refractivity contribution is 5.87. The van der Waals surface area contributed by atoms with Crippen LogP contribution in [0.15, 0.2) is 12.2 Å². The number of fused-ring (bicyclic) bond motifs is 1. The fourth-order valence-electron chi connectivity index (χ4n) is 5.34. The molecule has 5 atom stereocenters. The highest BCUT2D eigenvalue weighted by Crippen LogP contribution is 2.48. The maximum absolute atomic E-state index is 12.7. The molecule has 5 rings (SSSR count). The molecule has 5 unspecified atom stereocenters. The van der Waals surface area contributed by atoms with Gasteiger partial charge in [0.05, 0.1) is 11.8 Å². The highest BCUT2D eigenvalue weighted by Gasteiger charge is 2.52. The Kier molecular flexibility index (Phi) is 4.99. The lowest BCUT2D eigenvalue weighted by Gasteiger charge is -2.41. The van der Waals surface area contributed by atoms with Gasteiger partial charge in [-0.15, -0.1) is 0 Å². The van der Waals surface area contributed by atoms with Crippen LogP contribution in [-0.4, -0.2) is 36.2 Å². The molecule has 2 saturated heterocycles. The van der Waals surface area contributed by atoms with Gasteiger partial charge in [-0.1, -0.05) is 6.58 Å². The third-order valence-electron chi connectivity index (χ3n) is 6.72. The van der Waals surface area contributed by atoms with E-state index in [9.17, 15) is 14.4 Å². The fourth-order valence-corrected chi connectivity index (χ4v) is 5.34. The molecule has 0 spiro atoms. The van der Waals surface area contributed by atoms with Crippen molar-refractivity contribution in [2.75, 3.05) is 0 Å². The van der Waals surface area contributed by atoms with Crippen LogP contribution in [0.4, 0.5) is 0 Å². The topological polar surface area (TPSA) is 78.9 Å². The van der Waals surface area contributed by atoms with Crippen molar-refractivity contribution in [3.05, 3.63) is 12.2 Å². The Morgan fingerprint density at radius 1 is 1.04 bits per heavy atom. The number of ether oxygens (including phenoxy) is 3. The quantitative estimate of drug-likeness (QED) is 0.426. The average Bonchev–Trinajstić information content (AvgIpc) is 2.80. The summed E-state index contributed by atoms with van der Waals surface area (Å²) in [4.78, 5) is 36.5. The monoisotopic (exact) mass is 376 g/mol. The van der Waals surface area contributed by atoms with Crippen molar-refractivity contribution < 1.29 is 28.6 Å². The van der Waals surface area contributed by atoms with Gasteiger partial charge in [-0.2, -0.15) is 0 Å². The molecular formula is C21H28O6. The molecule has 0 N–H and O–H groups in total. The molecule has 4 bridgehead atoms. The Balaban J connectivity index is 1.32. The van der Waals surface area contributed by atoms with Gasteiger partial charge in [0.2, 0.25) is 0 Å². The second kappa shape index (κ2) is 7.28. The summed E-state index contributed by atoms with van der Waals surface area (Å²) in [5.41, 5.74) is 0.393. The molecule has 0 aromatic rings. The van der Waals surface area contributed by atoms with E-state index in [4.69, 9.17) is 14.2 Å². The minimum absolute atomic E-state index is 0.0131. The number of rotatable bonds is 4. The van der Waals surface area contributed by atoms with Gasteiger partial charge in [-0.25, -0.2) is 4.79 Å². The molecule has 27 heavy (non-hydrogen) atoms. The number of hydrogen-bond donors (Lipinski definition) is 0. The summed E-state index contributed by atoms with van der Waals surface area (Å²) in [6, 6.07) is 0. The first-order valence-corrected chi connectivity index (χ1v) is 10.2. The van der Waals surface area contributed by atoms with Crippen molar-refractivity contribution in [1.29, 1.82) is 0 Å². The molecule has 0 aromatic heterocycles. The summed E-state index contributed by atoms with van der Waals surface area (Å²) >= 11 is 0. The summed E-state index contributed by atoms with van der Waals surface area (Å²) in [7, 11) is 0. The van der Waals surface area contributed by atoms with Crippen LogP contribution >= 0.6 is 0 Å². The van der Waals surface area contributed by atoms with Crippen LogP contribution in [0, 0.1) is 23.7 Å². The second-order valence-electron chi connectivity index (χ2n) is 8.80. The van der Waals surface area contributed by atoms with Gasteiger partial charge >= 0.3 is 17.9 Å². The van der Waals surface area contributed by atoms with Crippen LogP contribution in [0.1, 0.15) is 58.3 Å². The fraction of sp³-hybridized carbons (Fsp3) is 0.762. The molecule has 0 amide bonds. The van der Waals surface area contributed by atoms with E-state index >= 15 is 0 Å². The zero-order valence-electron chi connectivity index (χ0n) is 15.9. The van der Waals surface area contributed by atoms with Gasteiger partial charge in [-0.05, 0) is 64.2 Å². The van der Waals surface area contributed by atoms with E-state index in [0.717, 1.165) is 25.7 Å². The maximum Gasteiger partial charge on any atom is 0.333 e. The van der Waals surface area contributed by atoms with Crippen molar-refractivity contribution >= 4 is 17.9 Å². The molecule has 3 saturated carbocycles. The molecule has 2 heterocycles. The van der Waals surface area contributed by atoms with Gasteiger partial charge in [0, 0.05) is 11.5 Å². The smallest absolute Gasteiger partial charge is 0.333 e. The molecule has 0 aromatic carbocycles. The summed E-state index contributed by atoms with van der Waals surface area (Å²) in [5.74, 6) is -0.0688. The van der Waals surface area contributed by atoms with Gasteiger partial charge in [0.1, 0.15) is 18.3 Å². The molecular weight excluding hydrogens is 348 g/mol. The summed E-state index contributed by atoms with van der Waals surface area (Å²) in [6.07, 6.45) is 5.49. The predicted molar refractivity (Wildman–Crippen MR) is 95.4 cm³/mol. The number of esters is 3. The Morgan fingerprint density at radius 2 is 1.78 bits per heavy atom. The molecule has 3 aliphatic carbocycles. The van der Waals surface area contributed by atoms with Crippen molar-refractivity contribution in [2.45, 2.75) is 76.6 Å². The number of carbonyl (C=O) groups excluding carboxylic acids is 3. The van der Waals surface area contributed by atoms with Gasteiger partial charge in [0.25, 0.3) is 0 Å². The Morgan fingerprint density at radius 3 is 2.48 bits per heavy atom. The normalized spacial score (nSPS) is 40.0. The van der Waals surface area contributed by atoms with Crippen LogP contribution in [0.2, 0.25) is 0 Å². The Hall–Kier alpha value is -1.85. The van der Waals surface area contributed by atoms with Crippen LogP contribution in [0.3, 0.4) is 0 Å². The second-order valence-corrected chi connectivity index (χ2v) is 8.80. The van der Waals surface area contributed by atoms with E-state index in [-0.39, 0.29) is 54.0 Å². The zero-order valence-corrected chi connectivity index (χ0v) is 15.9. The molecule has 6 nitrogen and oxygen atoms in total. The minimum Gasteiger partial charge on any atom is -0.459 e. The van der Waals surface area contributed by atoms with E-state index in [1.807, 2.05) is 0 Å². The first kappa shape index (κ1) is 18.5. The van der Waals surface area contributed by atoms with Crippen LogP contribution in [-0.2, 0) is 28.6 Å². The Bertz CT molecular complexity index is 647. The van der Waals surface area contributed by atoms with E-state index in [1.165, 1.54) is 0 Å². The van der Waals surface area contributed by atoms with Crippen LogP contribution < -0.4 is 0 Å². The lowest BCUT2D eigenvalue weighted by molar-refractivity contribution is -0.177. The largest absolute Gasteiger partial charge is 0.459 e. The molecule has 5 fully saturated rings. The predicted octanol–water partition coefficient (Wildman–Crippen LogP) is 2.94. The summed E-state index contributed by atoms with van der Waals surface area (Å²) < 4.78 is 16.9. The van der Waals surface area contributed by atoms with Crippen molar-refractivity contribution in [3.63, 3.8) is 0 Å². The molecule has 5 aliphatic rings. The van der Waals surface area contributed by atoms with E-state index in [2.05, 4.69) is 6.58 Å². The number of carbonyl (C=O) groups is 3. The van der Waals surface area contributed by atoms with E-state index in [1.54, 1.807) is 6.92 Å². The molecule has 2 aliphatic heterocycles. The third-order valence-corrected chi connectivity index (χ3v) is 6.72. The van der Waals surface area contributed by atoms with Crippen molar-refractivity contribution in [1.82, 2.24) is 0 Å². The van der Waals surface area contributed by atoms with Gasteiger partial charge < -0.3 is 14.2 Å². The van der Waals surface area contributed by atoms with E-state index in [0.29, 0.717) is 37.2 Å². The maximum atomic E-state index is 12.7. The average molecular weight is 376 g/mol.